The lowest BCUT2D eigenvalue weighted by Gasteiger charge is -2.12. The normalized spacial score (nSPS) is 10.8. The van der Waals surface area contributed by atoms with Gasteiger partial charge in [0.25, 0.3) is 5.56 Å². The molecule has 0 atom stereocenters. The zero-order chi connectivity index (χ0) is 24.8. The summed E-state index contributed by atoms with van der Waals surface area (Å²) in [5.41, 5.74) is 2.61. The first-order valence-corrected chi connectivity index (χ1v) is 11.3. The summed E-state index contributed by atoms with van der Waals surface area (Å²) in [6, 6.07) is 14.7. The van der Waals surface area contributed by atoms with Gasteiger partial charge < -0.3 is 24.1 Å². The lowest BCUT2D eigenvalue weighted by atomic mass is 10.1. The van der Waals surface area contributed by atoms with E-state index >= 15 is 0 Å². The number of benzene rings is 2. The summed E-state index contributed by atoms with van der Waals surface area (Å²) in [5.74, 6) is 1.95. The van der Waals surface area contributed by atoms with Crippen molar-refractivity contribution in [1.29, 1.82) is 0 Å². The molecule has 182 valence electrons. The van der Waals surface area contributed by atoms with Crippen molar-refractivity contribution in [2.45, 2.75) is 26.4 Å². The van der Waals surface area contributed by atoms with E-state index in [1.807, 2.05) is 37.3 Å². The number of methoxy groups -OCH3 is 2. The van der Waals surface area contributed by atoms with Gasteiger partial charge in [0.1, 0.15) is 22.8 Å². The molecule has 0 aliphatic rings. The molecule has 0 aliphatic heterocycles. The summed E-state index contributed by atoms with van der Waals surface area (Å²) in [6.07, 6.45) is 3.51. The number of ether oxygens (including phenoxy) is 3. The highest BCUT2D eigenvalue weighted by molar-refractivity contribution is 5.76. The number of hydrogen-bond acceptors (Lipinski definition) is 6. The van der Waals surface area contributed by atoms with Crippen molar-refractivity contribution in [3.05, 3.63) is 76.8 Å². The number of nitrogens with zero attached hydrogens (tertiary/aromatic N) is 3. The minimum absolute atomic E-state index is 0.155. The van der Waals surface area contributed by atoms with Crippen molar-refractivity contribution in [3.8, 4) is 28.5 Å². The molecule has 0 radical (unpaired) electrons. The van der Waals surface area contributed by atoms with Crippen LogP contribution in [0.4, 0.5) is 0 Å². The number of rotatable bonds is 10. The standard InChI is InChI=1S/C26H28N4O5/c1-4-35-20-7-5-18(6-8-20)22-16-23-26(32)29(13-14-30(23)28-22)12-11-25(31)27-17-19-15-21(33-2)9-10-24(19)34-3/h5-10,13-16H,4,11-12,17H2,1-3H3,(H,27,31). The van der Waals surface area contributed by atoms with E-state index in [2.05, 4.69) is 10.4 Å². The number of fused-ring (bicyclic) bond motifs is 1. The number of aryl methyl sites for hydroxylation is 1. The van der Waals surface area contributed by atoms with Gasteiger partial charge in [-0.2, -0.15) is 5.10 Å². The van der Waals surface area contributed by atoms with Gasteiger partial charge in [0, 0.05) is 43.0 Å². The molecule has 1 amide bonds. The highest BCUT2D eigenvalue weighted by atomic mass is 16.5. The summed E-state index contributed by atoms with van der Waals surface area (Å²) in [6.45, 7) is 3.07. The van der Waals surface area contributed by atoms with E-state index in [1.165, 1.54) is 4.57 Å². The van der Waals surface area contributed by atoms with Crippen LogP contribution < -0.4 is 25.1 Å². The van der Waals surface area contributed by atoms with Crippen LogP contribution in [-0.4, -0.2) is 40.9 Å². The minimum atomic E-state index is -0.209. The molecule has 4 aromatic rings. The zero-order valence-electron chi connectivity index (χ0n) is 20.0. The van der Waals surface area contributed by atoms with Gasteiger partial charge in [0.2, 0.25) is 5.91 Å². The first-order chi connectivity index (χ1) is 17.0. The molecule has 0 bridgehead atoms. The summed E-state index contributed by atoms with van der Waals surface area (Å²) in [5, 5.41) is 7.38. The van der Waals surface area contributed by atoms with Crippen LogP contribution in [0.1, 0.15) is 18.9 Å². The van der Waals surface area contributed by atoms with Crippen LogP contribution in [-0.2, 0) is 17.9 Å². The summed E-state index contributed by atoms with van der Waals surface area (Å²) < 4.78 is 19.1. The molecule has 4 rings (SSSR count). The van der Waals surface area contributed by atoms with Gasteiger partial charge in [0.05, 0.1) is 26.5 Å². The zero-order valence-corrected chi connectivity index (χ0v) is 20.0. The van der Waals surface area contributed by atoms with E-state index in [0.29, 0.717) is 35.9 Å². The molecular weight excluding hydrogens is 448 g/mol. The van der Waals surface area contributed by atoms with Crippen molar-refractivity contribution in [2.24, 2.45) is 0 Å². The predicted octanol–water partition coefficient (Wildman–Crippen LogP) is 3.29. The Morgan fingerprint density at radius 3 is 2.49 bits per heavy atom. The number of amides is 1. The number of nitrogens with one attached hydrogen (secondary N) is 1. The van der Waals surface area contributed by atoms with Crippen molar-refractivity contribution in [3.63, 3.8) is 0 Å². The third kappa shape index (κ3) is 5.46. The Hall–Kier alpha value is -4.27. The fourth-order valence-corrected chi connectivity index (χ4v) is 3.76. The molecule has 2 aromatic heterocycles. The Balaban J connectivity index is 1.42. The van der Waals surface area contributed by atoms with Gasteiger partial charge in [-0.15, -0.1) is 0 Å². The van der Waals surface area contributed by atoms with Gasteiger partial charge in [-0.25, -0.2) is 4.52 Å². The quantitative estimate of drug-likeness (QED) is 0.377. The fourth-order valence-electron chi connectivity index (χ4n) is 3.76. The van der Waals surface area contributed by atoms with E-state index in [4.69, 9.17) is 14.2 Å². The molecule has 35 heavy (non-hydrogen) atoms. The molecule has 0 aliphatic carbocycles. The van der Waals surface area contributed by atoms with E-state index in [9.17, 15) is 9.59 Å². The Labute approximate surface area is 202 Å². The third-order valence-electron chi connectivity index (χ3n) is 5.61. The number of hydrogen-bond donors (Lipinski definition) is 1. The molecule has 9 nitrogen and oxygen atoms in total. The summed E-state index contributed by atoms with van der Waals surface area (Å²) in [7, 11) is 3.16. The first-order valence-electron chi connectivity index (χ1n) is 11.3. The van der Waals surface area contributed by atoms with Crippen LogP contribution in [0.5, 0.6) is 17.2 Å². The molecule has 1 N–H and O–H groups in total. The van der Waals surface area contributed by atoms with Crippen molar-refractivity contribution < 1.29 is 19.0 Å². The molecule has 0 unspecified atom stereocenters. The second-order valence-corrected chi connectivity index (χ2v) is 7.82. The summed E-state index contributed by atoms with van der Waals surface area (Å²) in [4.78, 5) is 25.4. The largest absolute Gasteiger partial charge is 0.497 e. The smallest absolute Gasteiger partial charge is 0.276 e. The fraction of sp³-hybridized carbons (Fsp3) is 0.269. The van der Waals surface area contributed by atoms with E-state index < -0.39 is 0 Å². The molecule has 0 fully saturated rings. The Morgan fingerprint density at radius 1 is 1.00 bits per heavy atom. The average molecular weight is 477 g/mol. The van der Waals surface area contributed by atoms with E-state index in [-0.39, 0.29) is 24.4 Å². The Morgan fingerprint density at radius 2 is 1.77 bits per heavy atom. The van der Waals surface area contributed by atoms with Gasteiger partial charge in [-0.3, -0.25) is 9.59 Å². The van der Waals surface area contributed by atoms with Gasteiger partial charge in [-0.05, 0) is 55.5 Å². The SMILES string of the molecule is CCOc1ccc(-c2cc3c(=O)n(CCC(=O)NCc4cc(OC)ccc4OC)ccn3n2)cc1. The van der Waals surface area contributed by atoms with Gasteiger partial charge in [-0.1, -0.05) is 0 Å². The topological polar surface area (TPSA) is 96.1 Å². The second kappa shape index (κ2) is 10.8. The maximum atomic E-state index is 13.0. The number of carbonyl (C=O) groups excluding carboxylic acids is 1. The third-order valence-corrected chi connectivity index (χ3v) is 5.61. The number of aromatic nitrogens is 3. The highest BCUT2D eigenvalue weighted by Crippen LogP contribution is 2.24. The van der Waals surface area contributed by atoms with Crippen LogP contribution in [0.25, 0.3) is 16.8 Å². The summed E-state index contributed by atoms with van der Waals surface area (Å²) >= 11 is 0. The monoisotopic (exact) mass is 476 g/mol. The molecule has 9 heteroatoms. The van der Waals surface area contributed by atoms with Gasteiger partial charge >= 0.3 is 0 Å². The van der Waals surface area contributed by atoms with E-state index in [0.717, 1.165) is 16.9 Å². The van der Waals surface area contributed by atoms with Crippen molar-refractivity contribution >= 4 is 11.4 Å². The van der Waals surface area contributed by atoms with E-state index in [1.54, 1.807) is 49.3 Å². The Kier molecular flexibility index (Phi) is 7.35. The predicted molar refractivity (Wildman–Crippen MR) is 132 cm³/mol. The van der Waals surface area contributed by atoms with Crippen molar-refractivity contribution in [1.82, 2.24) is 19.5 Å². The first kappa shape index (κ1) is 23.9. The second-order valence-electron chi connectivity index (χ2n) is 7.82. The average Bonchev–Trinajstić information content (AvgIpc) is 3.33. The van der Waals surface area contributed by atoms with Crippen LogP contribution in [0, 0.1) is 0 Å². The van der Waals surface area contributed by atoms with Gasteiger partial charge in [0.15, 0.2) is 0 Å². The number of carbonyl (C=O) groups is 1. The molecule has 2 aromatic carbocycles. The maximum absolute atomic E-state index is 13.0. The van der Waals surface area contributed by atoms with Crippen LogP contribution >= 0.6 is 0 Å². The lowest BCUT2D eigenvalue weighted by Crippen LogP contribution is -2.27. The lowest BCUT2D eigenvalue weighted by molar-refractivity contribution is -0.121. The maximum Gasteiger partial charge on any atom is 0.276 e. The molecular formula is C26H28N4O5. The van der Waals surface area contributed by atoms with Crippen LogP contribution in [0.3, 0.4) is 0 Å². The highest BCUT2D eigenvalue weighted by Gasteiger charge is 2.12. The van der Waals surface area contributed by atoms with Crippen molar-refractivity contribution in [2.75, 3.05) is 20.8 Å². The minimum Gasteiger partial charge on any atom is -0.497 e. The van der Waals surface area contributed by atoms with Crippen LogP contribution in [0.2, 0.25) is 0 Å². The Bertz CT molecular complexity index is 1380. The molecule has 0 saturated heterocycles. The molecule has 2 heterocycles. The molecule has 0 spiro atoms. The van der Waals surface area contributed by atoms with Crippen LogP contribution in [0.15, 0.2) is 65.7 Å². The molecule has 0 saturated carbocycles.